The van der Waals surface area contributed by atoms with Gasteiger partial charge in [0, 0.05) is 30.0 Å². The molecule has 0 aromatic heterocycles. The monoisotopic (exact) mass is 425 g/mol. The molecule has 0 heterocycles. The van der Waals surface area contributed by atoms with Gasteiger partial charge in [0.2, 0.25) is 5.91 Å². The van der Waals surface area contributed by atoms with Gasteiger partial charge >= 0.3 is 0 Å². The van der Waals surface area contributed by atoms with E-state index in [0.717, 1.165) is 37.4 Å². The lowest BCUT2D eigenvalue weighted by Crippen LogP contribution is -2.32. The van der Waals surface area contributed by atoms with Crippen LogP contribution >= 0.6 is 0 Å². The van der Waals surface area contributed by atoms with Gasteiger partial charge in [0.1, 0.15) is 5.75 Å². The molecule has 6 heteroatoms. The lowest BCUT2D eigenvalue weighted by molar-refractivity contribution is -0.114. The Morgan fingerprint density at radius 3 is 2.03 bits per heavy atom. The van der Waals surface area contributed by atoms with Gasteiger partial charge < -0.3 is 20.3 Å². The van der Waals surface area contributed by atoms with Crippen molar-refractivity contribution in [3.8, 4) is 5.75 Å². The number of benzene rings is 2. The molecule has 0 atom stereocenters. The molecule has 2 aromatic carbocycles. The number of nitrogens with one attached hydrogen (secondary N) is 2. The Labute approximate surface area is 186 Å². The molecule has 0 unspecified atom stereocenters. The van der Waals surface area contributed by atoms with Crippen LogP contribution in [0.4, 0.5) is 11.4 Å². The average molecular weight is 426 g/mol. The normalized spacial score (nSPS) is 10.6. The van der Waals surface area contributed by atoms with Gasteiger partial charge in [0.15, 0.2) is 0 Å². The zero-order valence-electron chi connectivity index (χ0n) is 19.1. The van der Waals surface area contributed by atoms with Crippen LogP contribution in [0.2, 0.25) is 0 Å². The molecule has 0 saturated carbocycles. The first-order chi connectivity index (χ1) is 14.9. The number of anilines is 2. The maximum atomic E-state index is 12.6. The van der Waals surface area contributed by atoms with Crippen molar-refractivity contribution in [3.63, 3.8) is 0 Å². The summed E-state index contributed by atoms with van der Waals surface area (Å²) in [5.41, 5.74) is 2.15. The highest BCUT2D eigenvalue weighted by Gasteiger charge is 2.14. The average Bonchev–Trinajstić information content (AvgIpc) is 2.77. The number of amides is 2. The van der Waals surface area contributed by atoms with E-state index in [0.29, 0.717) is 23.8 Å². The number of ether oxygens (including phenoxy) is 1. The predicted molar refractivity (Wildman–Crippen MR) is 127 cm³/mol. The number of carbonyl (C=O) groups excluding carboxylic acids is 2. The quantitative estimate of drug-likeness (QED) is 0.500. The number of carbonyl (C=O) groups is 2. The summed E-state index contributed by atoms with van der Waals surface area (Å²) in [6, 6.07) is 14.6. The Hall–Kier alpha value is -3.02. The highest BCUT2D eigenvalue weighted by molar-refractivity contribution is 5.96. The topological polar surface area (TPSA) is 70.7 Å². The first-order valence-electron chi connectivity index (χ1n) is 11.1. The zero-order valence-corrected chi connectivity index (χ0v) is 19.1. The summed E-state index contributed by atoms with van der Waals surface area (Å²) in [5.74, 6) is 1.16. The standard InChI is InChI=1S/C25H35N3O3/c1-5-15-28(16-6-2)25(30)20-7-9-22(10-8-20)27-24(29)17-26-21-11-13-23(14-12-21)31-18-19(3)4/h7-14,19,26H,5-6,15-18H2,1-4H3,(H,27,29). The Balaban J connectivity index is 1.83. The molecule has 0 bridgehead atoms. The summed E-state index contributed by atoms with van der Waals surface area (Å²) in [7, 11) is 0. The largest absolute Gasteiger partial charge is 0.493 e. The summed E-state index contributed by atoms with van der Waals surface area (Å²) >= 11 is 0. The van der Waals surface area contributed by atoms with Crippen molar-refractivity contribution in [2.45, 2.75) is 40.5 Å². The number of rotatable bonds is 12. The molecule has 0 aliphatic heterocycles. The van der Waals surface area contributed by atoms with Gasteiger partial charge in [-0.3, -0.25) is 9.59 Å². The smallest absolute Gasteiger partial charge is 0.253 e. The second-order valence-electron chi connectivity index (χ2n) is 8.00. The fraction of sp³-hybridized carbons (Fsp3) is 0.440. The van der Waals surface area contributed by atoms with Gasteiger partial charge in [-0.15, -0.1) is 0 Å². The zero-order chi connectivity index (χ0) is 22.6. The molecule has 0 fully saturated rings. The van der Waals surface area contributed by atoms with Crippen LogP contribution in [0.5, 0.6) is 5.75 Å². The van der Waals surface area contributed by atoms with E-state index in [1.807, 2.05) is 29.2 Å². The van der Waals surface area contributed by atoms with Gasteiger partial charge in [-0.1, -0.05) is 27.7 Å². The van der Waals surface area contributed by atoms with Crippen LogP contribution in [0.25, 0.3) is 0 Å². The minimum atomic E-state index is -0.155. The van der Waals surface area contributed by atoms with Crippen LogP contribution in [0.1, 0.15) is 50.9 Å². The molecule has 2 aromatic rings. The second-order valence-corrected chi connectivity index (χ2v) is 8.00. The van der Waals surface area contributed by atoms with Crippen LogP contribution in [-0.2, 0) is 4.79 Å². The van der Waals surface area contributed by atoms with Gasteiger partial charge in [-0.25, -0.2) is 0 Å². The molecule has 2 amide bonds. The van der Waals surface area contributed by atoms with Crippen LogP contribution in [0, 0.1) is 5.92 Å². The third-order valence-electron chi connectivity index (χ3n) is 4.58. The number of nitrogens with zero attached hydrogens (tertiary/aromatic N) is 1. The molecular weight excluding hydrogens is 390 g/mol. The Bertz CT molecular complexity index is 811. The summed E-state index contributed by atoms with van der Waals surface area (Å²) in [5, 5.41) is 5.95. The van der Waals surface area contributed by atoms with Crippen molar-refractivity contribution in [1.82, 2.24) is 4.90 Å². The second kappa shape index (κ2) is 12.6. The van der Waals surface area contributed by atoms with Crippen LogP contribution < -0.4 is 15.4 Å². The van der Waals surface area contributed by atoms with Crippen LogP contribution in [-0.4, -0.2) is 43.0 Å². The molecule has 2 rings (SSSR count). The molecule has 2 N–H and O–H groups in total. The molecule has 0 spiro atoms. The Kier molecular flexibility index (Phi) is 9.88. The van der Waals surface area contributed by atoms with Crippen LogP contribution in [0.3, 0.4) is 0 Å². The van der Waals surface area contributed by atoms with Crippen molar-refractivity contribution < 1.29 is 14.3 Å². The van der Waals surface area contributed by atoms with Crippen molar-refractivity contribution in [2.24, 2.45) is 5.92 Å². The Morgan fingerprint density at radius 2 is 1.48 bits per heavy atom. The van der Waals surface area contributed by atoms with E-state index in [1.165, 1.54) is 0 Å². The van der Waals surface area contributed by atoms with Gasteiger partial charge in [0.05, 0.1) is 13.2 Å². The first-order valence-corrected chi connectivity index (χ1v) is 11.1. The highest BCUT2D eigenvalue weighted by Crippen LogP contribution is 2.17. The molecular formula is C25H35N3O3. The molecule has 0 saturated heterocycles. The van der Waals surface area contributed by atoms with Gasteiger partial charge in [-0.05, 0) is 67.3 Å². The minimum Gasteiger partial charge on any atom is -0.493 e. The molecule has 6 nitrogen and oxygen atoms in total. The van der Waals surface area contributed by atoms with Crippen molar-refractivity contribution in [3.05, 3.63) is 54.1 Å². The molecule has 0 radical (unpaired) electrons. The maximum Gasteiger partial charge on any atom is 0.253 e. The molecule has 0 aliphatic rings. The predicted octanol–water partition coefficient (Wildman–Crippen LogP) is 5.03. The van der Waals surface area contributed by atoms with E-state index in [1.54, 1.807) is 24.3 Å². The SMILES string of the molecule is CCCN(CCC)C(=O)c1ccc(NC(=O)CNc2ccc(OCC(C)C)cc2)cc1. The maximum absolute atomic E-state index is 12.6. The molecule has 168 valence electrons. The summed E-state index contributed by atoms with van der Waals surface area (Å²) in [4.78, 5) is 26.8. The third-order valence-corrected chi connectivity index (χ3v) is 4.58. The third kappa shape index (κ3) is 8.32. The first kappa shape index (κ1) is 24.3. The van der Waals surface area contributed by atoms with E-state index in [4.69, 9.17) is 4.74 Å². The van der Waals surface area contributed by atoms with E-state index >= 15 is 0 Å². The summed E-state index contributed by atoms with van der Waals surface area (Å²) in [6.45, 7) is 10.7. The lowest BCUT2D eigenvalue weighted by atomic mass is 10.1. The van der Waals surface area contributed by atoms with E-state index < -0.39 is 0 Å². The minimum absolute atomic E-state index is 0.0315. The van der Waals surface area contributed by atoms with Crippen LogP contribution in [0.15, 0.2) is 48.5 Å². The van der Waals surface area contributed by atoms with E-state index in [2.05, 4.69) is 38.3 Å². The lowest BCUT2D eigenvalue weighted by Gasteiger charge is -2.21. The molecule has 0 aliphatic carbocycles. The van der Waals surface area contributed by atoms with Crippen molar-refractivity contribution >= 4 is 23.2 Å². The van der Waals surface area contributed by atoms with E-state index in [-0.39, 0.29) is 18.4 Å². The summed E-state index contributed by atoms with van der Waals surface area (Å²) < 4.78 is 5.66. The number of hydrogen-bond donors (Lipinski definition) is 2. The highest BCUT2D eigenvalue weighted by atomic mass is 16.5. The Morgan fingerprint density at radius 1 is 0.903 bits per heavy atom. The summed E-state index contributed by atoms with van der Waals surface area (Å²) in [6.07, 6.45) is 1.86. The van der Waals surface area contributed by atoms with Crippen molar-refractivity contribution in [2.75, 3.05) is 36.9 Å². The fourth-order valence-corrected chi connectivity index (χ4v) is 3.05. The van der Waals surface area contributed by atoms with Gasteiger partial charge in [-0.2, -0.15) is 0 Å². The fourth-order valence-electron chi connectivity index (χ4n) is 3.05. The van der Waals surface area contributed by atoms with Gasteiger partial charge in [0.25, 0.3) is 5.91 Å². The number of hydrogen-bond acceptors (Lipinski definition) is 4. The van der Waals surface area contributed by atoms with Crippen molar-refractivity contribution in [1.29, 1.82) is 0 Å². The van der Waals surface area contributed by atoms with E-state index in [9.17, 15) is 9.59 Å². The molecule has 31 heavy (non-hydrogen) atoms.